The molecule has 1 aliphatic heterocycles. The van der Waals surface area contributed by atoms with Gasteiger partial charge < -0.3 is 10.1 Å². The third kappa shape index (κ3) is 10.4. The van der Waals surface area contributed by atoms with Crippen LogP contribution in [0.2, 0.25) is 0 Å². The van der Waals surface area contributed by atoms with Crippen molar-refractivity contribution in [3.05, 3.63) is 102 Å². The number of unbranched alkanes of at least 4 members (excludes halogenated alkanes) is 2. The van der Waals surface area contributed by atoms with E-state index in [9.17, 15) is 13.2 Å². The number of sulfonamides is 1. The van der Waals surface area contributed by atoms with Gasteiger partial charge in [0.05, 0.1) is 17.0 Å². The highest BCUT2D eigenvalue weighted by Crippen LogP contribution is 2.28. The molecule has 1 aliphatic rings. The predicted octanol–water partition coefficient (Wildman–Crippen LogP) is 6.46. The number of likely N-dealkylation sites (tertiary alicyclic amines) is 1. The van der Waals surface area contributed by atoms with E-state index < -0.39 is 10.0 Å². The fourth-order valence-electron chi connectivity index (χ4n) is 5.79. The van der Waals surface area contributed by atoms with E-state index in [0.717, 1.165) is 56.4 Å². The van der Waals surface area contributed by atoms with Gasteiger partial charge in [0.2, 0.25) is 10.0 Å². The van der Waals surface area contributed by atoms with Crippen molar-refractivity contribution in [1.82, 2.24) is 14.5 Å². The van der Waals surface area contributed by atoms with Crippen LogP contribution in [0.1, 0.15) is 62.5 Å². The van der Waals surface area contributed by atoms with E-state index in [-0.39, 0.29) is 36.4 Å². The van der Waals surface area contributed by atoms with Gasteiger partial charge in [-0.2, -0.15) is 0 Å². The number of nitrogens with one attached hydrogen (secondary N) is 1. The lowest BCUT2D eigenvalue weighted by Gasteiger charge is -2.40. The molecule has 3 aromatic carbocycles. The minimum absolute atomic E-state index is 0. The molecule has 9 heteroatoms. The molecule has 7 nitrogen and oxygen atoms in total. The minimum Gasteiger partial charge on any atom is -0.461 e. The van der Waals surface area contributed by atoms with Crippen molar-refractivity contribution >= 4 is 28.4 Å². The van der Waals surface area contributed by atoms with E-state index in [1.165, 1.54) is 10.7 Å². The first-order valence-electron chi connectivity index (χ1n) is 15.6. The summed E-state index contributed by atoms with van der Waals surface area (Å²) in [6.07, 6.45) is 5.75. The van der Waals surface area contributed by atoms with Gasteiger partial charge in [-0.3, -0.25) is 9.69 Å². The second-order valence-electron chi connectivity index (χ2n) is 11.5. The van der Waals surface area contributed by atoms with Gasteiger partial charge in [0, 0.05) is 26.7 Å². The Balaban J connectivity index is 0.00000529. The summed E-state index contributed by atoms with van der Waals surface area (Å²) in [6, 6.07) is 28.6. The number of hydrogen-bond acceptors (Lipinski definition) is 6. The monoisotopic (exact) mass is 641 g/mol. The summed E-state index contributed by atoms with van der Waals surface area (Å²) in [5, 5.41) is 3.73. The highest BCUT2D eigenvalue weighted by Gasteiger charge is 2.33. The number of rotatable bonds is 16. The molecule has 0 amide bonds. The molecule has 1 saturated heterocycles. The zero-order valence-electron chi connectivity index (χ0n) is 26.0. The van der Waals surface area contributed by atoms with E-state index in [0.29, 0.717) is 24.5 Å². The quantitative estimate of drug-likeness (QED) is 0.143. The van der Waals surface area contributed by atoms with Gasteiger partial charge in [-0.15, -0.1) is 12.4 Å². The van der Waals surface area contributed by atoms with Gasteiger partial charge in [-0.25, -0.2) is 12.7 Å². The molecule has 1 fully saturated rings. The Morgan fingerprint density at radius 3 is 2.27 bits per heavy atom. The Bertz CT molecular complexity index is 1350. The van der Waals surface area contributed by atoms with Crippen LogP contribution in [0.5, 0.6) is 0 Å². The molecule has 240 valence electrons. The number of likely N-dealkylation sites (N-methyl/N-ethyl adjacent to an activating group) is 1. The van der Waals surface area contributed by atoms with Crippen molar-refractivity contribution in [3.63, 3.8) is 0 Å². The largest absolute Gasteiger partial charge is 0.461 e. The molecule has 1 unspecified atom stereocenters. The topological polar surface area (TPSA) is 79.0 Å². The lowest BCUT2D eigenvalue weighted by Crippen LogP contribution is -2.52. The average Bonchev–Trinajstić information content (AvgIpc) is 3.05. The van der Waals surface area contributed by atoms with Crippen LogP contribution in [-0.4, -0.2) is 63.0 Å². The molecule has 0 aromatic heterocycles. The third-order valence-corrected chi connectivity index (χ3v) is 10.2. The number of ether oxygens (including phenoxy) is 1. The van der Waals surface area contributed by atoms with Gasteiger partial charge in [0.1, 0.15) is 6.61 Å². The van der Waals surface area contributed by atoms with Crippen LogP contribution >= 0.6 is 12.4 Å². The summed E-state index contributed by atoms with van der Waals surface area (Å²) >= 11 is 0. The smallest absolute Gasteiger partial charge is 0.309 e. The lowest BCUT2D eigenvalue weighted by atomic mass is 9.92. The molecule has 0 spiro atoms. The fraction of sp³-hybridized carbons (Fsp3) is 0.457. The van der Waals surface area contributed by atoms with Gasteiger partial charge in [-0.1, -0.05) is 98.6 Å². The van der Waals surface area contributed by atoms with Crippen LogP contribution in [0.3, 0.4) is 0 Å². The van der Waals surface area contributed by atoms with Gasteiger partial charge in [0.25, 0.3) is 0 Å². The molecule has 44 heavy (non-hydrogen) atoms. The first-order chi connectivity index (χ1) is 20.9. The van der Waals surface area contributed by atoms with E-state index in [4.69, 9.17) is 4.74 Å². The normalized spacial score (nSPS) is 18.0. The van der Waals surface area contributed by atoms with Gasteiger partial charge >= 0.3 is 5.97 Å². The number of benzene rings is 3. The van der Waals surface area contributed by atoms with Crippen LogP contribution in [-0.2, 0) is 26.2 Å². The fourth-order valence-corrected chi connectivity index (χ4v) is 7.03. The maximum absolute atomic E-state index is 13.3. The molecule has 0 saturated carbocycles. The maximum Gasteiger partial charge on any atom is 0.309 e. The van der Waals surface area contributed by atoms with E-state index in [1.807, 2.05) is 54.6 Å². The summed E-state index contributed by atoms with van der Waals surface area (Å²) in [5.41, 5.74) is 2.12. The third-order valence-electron chi connectivity index (χ3n) is 8.40. The Morgan fingerprint density at radius 2 is 1.61 bits per heavy atom. The number of nitrogens with zero attached hydrogens (tertiary/aromatic N) is 2. The van der Waals surface area contributed by atoms with E-state index >= 15 is 0 Å². The Kier molecular flexibility index (Phi) is 14.8. The second-order valence-corrected chi connectivity index (χ2v) is 13.6. The van der Waals surface area contributed by atoms with Crippen molar-refractivity contribution in [2.75, 3.05) is 33.2 Å². The molecular weight excluding hydrogens is 594 g/mol. The second kappa shape index (κ2) is 18.3. The number of halogens is 1. The van der Waals surface area contributed by atoms with Crippen molar-refractivity contribution in [3.8, 4) is 0 Å². The molecule has 1 heterocycles. The number of esters is 1. The van der Waals surface area contributed by atoms with Crippen LogP contribution in [0.15, 0.2) is 95.9 Å². The SMILES string of the molecule is CCCCCN[C@H]1C[C@@H](C(=O)OCc2ccccc2)CCN1CCC(CN(C)S(=O)(=O)c1ccccc1)c1ccccc1.Cl. The standard InChI is InChI=1S/C35H47N3O4S.ClH/c1-3-4-14-23-36-34-26-31(35(39)42-28-29-15-8-5-9-16-29)21-24-38(34)25-22-32(30-17-10-6-11-18-30)27-37(2)43(40,41)33-19-12-7-13-20-33;/h5-13,15-20,31-32,34,36H,3-4,14,21-28H2,1-2H3;1H/t31-,32?,34+;/m0./s1. The zero-order valence-corrected chi connectivity index (χ0v) is 27.6. The summed E-state index contributed by atoms with van der Waals surface area (Å²) < 4.78 is 33.9. The predicted molar refractivity (Wildman–Crippen MR) is 179 cm³/mol. The first-order valence-corrected chi connectivity index (χ1v) is 17.1. The highest BCUT2D eigenvalue weighted by molar-refractivity contribution is 7.89. The van der Waals surface area contributed by atoms with E-state index in [1.54, 1.807) is 31.3 Å². The van der Waals surface area contributed by atoms with Crippen LogP contribution in [0, 0.1) is 5.92 Å². The van der Waals surface area contributed by atoms with Crippen LogP contribution < -0.4 is 5.32 Å². The Labute approximate surface area is 270 Å². The molecule has 0 bridgehead atoms. The van der Waals surface area contributed by atoms with Crippen LogP contribution in [0.25, 0.3) is 0 Å². The summed E-state index contributed by atoms with van der Waals surface area (Å²) in [5.74, 6) is -0.242. The molecule has 1 N–H and O–H groups in total. The van der Waals surface area contributed by atoms with Crippen molar-refractivity contribution in [2.24, 2.45) is 5.92 Å². The van der Waals surface area contributed by atoms with E-state index in [2.05, 4.69) is 29.3 Å². The summed E-state index contributed by atoms with van der Waals surface area (Å²) in [4.78, 5) is 15.8. The van der Waals surface area contributed by atoms with Crippen molar-refractivity contribution < 1.29 is 17.9 Å². The number of carbonyl (C=O) groups is 1. The van der Waals surface area contributed by atoms with Crippen LogP contribution in [0.4, 0.5) is 0 Å². The highest BCUT2D eigenvalue weighted by atomic mass is 35.5. The lowest BCUT2D eigenvalue weighted by molar-refractivity contribution is -0.152. The Morgan fingerprint density at radius 1 is 0.977 bits per heavy atom. The summed E-state index contributed by atoms with van der Waals surface area (Å²) in [6.45, 7) is 5.38. The van der Waals surface area contributed by atoms with Crippen molar-refractivity contribution in [2.45, 2.75) is 69.0 Å². The van der Waals surface area contributed by atoms with Crippen molar-refractivity contribution in [1.29, 1.82) is 0 Å². The molecular formula is C35H48ClN3O4S. The maximum atomic E-state index is 13.3. The van der Waals surface area contributed by atoms with Gasteiger partial charge in [0.15, 0.2) is 0 Å². The number of piperidine rings is 1. The molecule has 3 aromatic rings. The molecule has 0 radical (unpaired) electrons. The zero-order chi connectivity index (χ0) is 30.5. The molecule has 0 aliphatic carbocycles. The minimum atomic E-state index is -3.60. The first kappa shape index (κ1) is 35.7. The average molecular weight is 642 g/mol. The molecule has 3 atom stereocenters. The number of carbonyl (C=O) groups excluding carboxylic acids is 1. The Hall–Kier alpha value is -2.75. The summed E-state index contributed by atoms with van der Waals surface area (Å²) in [7, 11) is -1.93. The molecule has 4 rings (SSSR count). The number of hydrogen-bond donors (Lipinski definition) is 1. The van der Waals surface area contributed by atoms with Gasteiger partial charge in [-0.05, 0) is 61.4 Å².